The van der Waals surface area contributed by atoms with Gasteiger partial charge in [-0.2, -0.15) is 0 Å². The summed E-state index contributed by atoms with van der Waals surface area (Å²) < 4.78 is 5.60. The molecule has 0 aromatic heterocycles. The smallest absolute Gasteiger partial charge is 0.298 e. The maximum Gasteiger partial charge on any atom is 0.298 e. The van der Waals surface area contributed by atoms with Gasteiger partial charge in [0, 0.05) is 17.3 Å². The fourth-order valence-corrected chi connectivity index (χ4v) is 9.37. The zero-order valence-electron chi connectivity index (χ0n) is 26.1. The molecule has 224 valence electrons. The maximum absolute atomic E-state index is 14.0. The van der Waals surface area contributed by atoms with Crippen molar-refractivity contribution in [3.8, 4) is 17.2 Å². The van der Waals surface area contributed by atoms with E-state index < -0.39 is 13.7 Å². The lowest BCUT2D eigenvalue weighted by atomic mass is 9.51. The van der Waals surface area contributed by atoms with Crippen molar-refractivity contribution in [1.29, 1.82) is 0 Å². The number of nitrogens with zero attached hydrogens (tertiary/aromatic N) is 1. The predicted octanol–water partition coefficient (Wildman–Crippen LogP) is 7.10. The molecule has 6 heteroatoms. The number of ether oxygens (including phenoxy) is 1. The number of carbonyl (C=O) groups excluding carboxylic acids is 1. The van der Waals surface area contributed by atoms with E-state index >= 15 is 0 Å². The van der Waals surface area contributed by atoms with Crippen molar-refractivity contribution in [2.24, 2.45) is 11.8 Å². The number of nitrogens with one attached hydrogen (secondary N) is 1. The standard InChI is InChI=1S/C36H48N2O3Si/c1-6-7-8-30-18-28-19-31(41-2)13-14-32(28)34(38(30)33(39)15-16-42(3,4)5)27-9-11-29(12-10-27)37-35-20-25-17-26(21-35)23-36(40,22-25)24-35/h9-14,19,25-26,30,34,37,40H,6-8,17-18,20-24H2,1-5H3/t25?,26?,30-,34-,35?,36?/m0/s1. The number of carbonyl (C=O) groups is 1. The van der Waals surface area contributed by atoms with Crippen LogP contribution in [0, 0.1) is 23.3 Å². The van der Waals surface area contributed by atoms with Crippen LogP contribution >= 0.6 is 0 Å². The first-order valence-electron chi connectivity index (χ1n) is 16.1. The Hall–Kier alpha value is -2.75. The highest BCUT2D eigenvalue weighted by Gasteiger charge is 2.57. The van der Waals surface area contributed by atoms with Crippen LogP contribution in [0.5, 0.6) is 5.75 Å². The quantitative estimate of drug-likeness (QED) is 0.269. The number of fused-ring (bicyclic) bond motifs is 1. The van der Waals surface area contributed by atoms with Crippen molar-refractivity contribution in [3.63, 3.8) is 0 Å². The average Bonchev–Trinajstić information content (AvgIpc) is 2.92. The Morgan fingerprint density at radius 3 is 2.43 bits per heavy atom. The third-order valence-electron chi connectivity index (χ3n) is 10.1. The molecule has 4 fully saturated rings. The molecule has 4 saturated carbocycles. The Kier molecular flexibility index (Phi) is 7.73. The lowest BCUT2D eigenvalue weighted by molar-refractivity contribution is -0.130. The van der Waals surface area contributed by atoms with Gasteiger partial charge in [-0.05, 0) is 110 Å². The lowest BCUT2D eigenvalue weighted by Crippen LogP contribution is -2.61. The molecular formula is C36H48N2O3Si. The molecule has 0 radical (unpaired) electrons. The van der Waals surface area contributed by atoms with Crippen molar-refractivity contribution in [2.45, 2.75) is 114 Å². The fraction of sp³-hybridized carbons (Fsp3) is 0.583. The second kappa shape index (κ2) is 11.1. The third-order valence-corrected chi connectivity index (χ3v) is 11.0. The van der Waals surface area contributed by atoms with Gasteiger partial charge in [0.25, 0.3) is 5.91 Å². The van der Waals surface area contributed by atoms with Crippen LogP contribution in [0.1, 0.15) is 87.4 Å². The maximum atomic E-state index is 14.0. The second-order valence-corrected chi connectivity index (χ2v) is 19.6. The second-order valence-electron chi connectivity index (χ2n) is 14.9. The summed E-state index contributed by atoms with van der Waals surface area (Å²) in [4.78, 5) is 16.1. The van der Waals surface area contributed by atoms with E-state index in [1.807, 2.05) is 6.07 Å². The first kappa shape index (κ1) is 29.3. The summed E-state index contributed by atoms with van der Waals surface area (Å²) in [5, 5.41) is 15.2. The van der Waals surface area contributed by atoms with Gasteiger partial charge in [0.2, 0.25) is 0 Å². The van der Waals surface area contributed by atoms with E-state index in [0.29, 0.717) is 11.8 Å². The molecule has 7 rings (SSSR count). The molecule has 42 heavy (non-hydrogen) atoms. The van der Waals surface area contributed by atoms with Crippen LogP contribution in [0.4, 0.5) is 5.69 Å². The Morgan fingerprint density at radius 1 is 1.10 bits per heavy atom. The van der Waals surface area contributed by atoms with Gasteiger partial charge in [-0.25, -0.2) is 0 Å². The number of aliphatic hydroxyl groups is 1. The lowest BCUT2D eigenvalue weighted by Gasteiger charge is -2.60. The number of hydrogen-bond acceptors (Lipinski definition) is 4. The minimum atomic E-state index is -1.71. The van der Waals surface area contributed by atoms with Crippen LogP contribution < -0.4 is 10.1 Å². The molecule has 2 aromatic rings. The van der Waals surface area contributed by atoms with E-state index in [9.17, 15) is 9.90 Å². The van der Waals surface area contributed by atoms with Gasteiger partial charge in [0.15, 0.2) is 0 Å². The molecule has 1 aliphatic heterocycles. The normalized spacial score (nSPS) is 31.2. The molecule has 0 spiro atoms. The Morgan fingerprint density at radius 2 is 1.81 bits per heavy atom. The predicted molar refractivity (Wildman–Crippen MR) is 172 cm³/mol. The van der Waals surface area contributed by atoms with Crippen LogP contribution in [-0.2, 0) is 11.2 Å². The van der Waals surface area contributed by atoms with Gasteiger partial charge in [0.05, 0.1) is 18.8 Å². The van der Waals surface area contributed by atoms with Crippen molar-refractivity contribution in [1.82, 2.24) is 4.90 Å². The van der Waals surface area contributed by atoms with Gasteiger partial charge >= 0.3 is 0 Å². The highest BCUT2D eigenvalue weighted by molar-refractivity contribution is 6.84. The summed E-state index contributed by atoms with van der Waals surface area (Å²) in [6.07, 6.45) is 10.3. The van der Waals surface area contributed by atoms with E-state index in [1.165, 1.54) is 12.0 Å². The van der Waals surface area contributed by atoms with E-state index in [2.05, 4.69) is 84.6 Å². The Bertz CT molecular complexity index is 1370. The first-order valence-corrected chi connectivity index (χ1v) is 19.6. The Balaban J connectivity index is 1.35. The summed E-state index contributed by atoms with van der Waals surface area (Å²) in [6, 6.07) is 15.0. The molecule has 4 aliphatic carbocycles. The van der Waals surface area contributed by atoms with Crippen molar-refractivity contribution in [3.05, 3.63) is 59.2 Å². The number of amides is 1. The summed E-state index contributed by atoms with van der Waals surface area (Å²) in [5.74, 6) is 5.16. The van der Waals surface area contributed by atoms with Gasteiger partial charge in [-0.1, -0.05) is 57.6 Å². The van der Waals surface area contributed by atoms with Gasteiger partial charge in [0.1, 0.15) is 13.8 Å². The summed E-state index contributed by atoms with van der Waals surface area (Å²) in [6.45, 7) is 8.77. The Labute approximate surface area is 253 Å². The van der Waals surface area contributed by atoms with Gasteiger partial charge in [-0.15, -0.1) is 5.54 Å². The number of unbranched alkanes of at least 4 members (excludes halogenated alkanes) is 1. The first-order chi connectivity index (χ1) is 20.0. The van der Waals surface area contributed by atoms with Crippen LogP contribution in [0.25, 0.3) is 0 Å². The van der Waals surface area contributed by atoms with Crippen molar-refractivity contribution >= 4 is 19.7 Å². The van der Waals surface area contributed by atoms with Gasteiger partial charge in [-0.3, -0.25) is 4.79 Å². The van der Waals surface area contributed by atoms with Crippen molar-refractivity contribution in [2.75, 3.05) is 12.4 Å². The fourth-order valence-electron chi connectivity index (χ4n) is 8.89. The average molecular weight is 585 g/mol. The van der Waals surface area contributed by atoms with Crippen molar-refractivity contribution < 1.29 is 14.6 Å². The molecule has 1 heterocycles. The zero-order chi connectivity index (χ0) is 29.7. The van der Waals surface area contributed by atoms with E-state index in [1.54, 1.807) is 7.11 Å². The monoisotopic (exact) mass is 584 g/mol. The molecule has 0 saturated heterocycles. The summed E-state index contributed by atoms with van der Waals surface area (Å²) in [5.41, 5.74) is 7.48. The number of rotatable bonds is 7. The minimum absolute atomic E-state index is 0.00593. The highest BCUT2D eigenvalue weighted by atomic mass is 28.3. The number of hydrogen-bond donors (Lipinski definition) is 2. The molecule has 4 bridgehead atoms. The third kappa shape index (κ3) is 5.88. The van der Waals surface area contributed by atoms with Crippen LogP contribution in [-0.4, -0.2) is 48.3 Å². The molecule has 1 amide bonds. The van der Waals surface area contributed by atoms with Crippen LogP contribution in [0.3, 0.4) is 0 Å². The molecule has 5 aliphatic rings. The molecule has 2 unspecified atom stereocenters. The van der Waals surface area contributed by atoms with Gasteiger partial charge < -0.3 is 20.1 Å². The zero-order valence-corrected chi connectivity index (χ0v) is 27.1. The summed E-state index contributed by atoms with van der Waals surface area (Å²) >= 11 is 0. The summed E-state index contributed by atoms with van der Waals surface area (Å²) in [7, 11) is -0.0000533. The molecule has 4 atom stereocenters. The largest absolute Gasteiger partial charge is 0.497 e. The molecular weight excluding hydrogens is 536 g/mol. The molecule has 2 N–H and O–H groups in total. The number of benzene rings is 2. The SMILES string of the molecule is CCCC[C@H]1Cc2cc(OC)ccc2[C@H](c2ccc(NC34CC5CC(CC(O)(C5)C3)C4)cc2)N1C(=O)C#C[Si](C)(C)C. The number of anilines is 1. The molecule has 2 aromatic carbocycles. The van der Waals surface area contributed by atoms with E-state index in [0.717, 1.165) is 80.4 Å². The topological polar surface area (TPSA) is 61.8 Å². The molecule has 5 nitrogen and oxygen atoms in total. The highest BCUT2D eigenvalue weighted by Crippen LogP contribution is 2.58. The number of methoxy groups -OCH3 is 1. The van der Waals surface area contributed by atoms with E-state index in [4.69, 9.17) is 4.74 Å². The van der Waals surface area contributed by atoms with E-state index in [-0.39, 0.29) is 23.5 Å². The van der Waals surface area contributed by atoms with Crippen LogP contribution in [0.2, 0.25) is 19.6 Å². The minimum Gasteiger partial charge on any atom is -0.497 e. The van der Waals surface area contributed by atoms with Crippen LogP contribution in [0.15, 0.2) is 42.5 Å².